The first-order valence-corrected chi connectivity index (χ1v) is 10.8. The fraction of sp³-hybridized carbons (Fsp3) is 0.167. The zero-order valence-corrected chi connectivity index (χ0v) is 16.0. The van der Waals surface area contributed by atoms with Crippen LogP contribution in [0.3, 0.4) is 0 Å². The molecule has 1 N–H and O–H groups in total. The molecule has 0 spiro atoms. The molecule has 0 fully saturated rings. The van der Waals surface area contributed by atoms with E-state index in [0.717, 1.165) is 4.88 Å². The molecule has 3 rings (SSSR count). The summed E-state index contributed by atoms with van der Waals surface area (Å²) < 4.78 is 30.1. The second-order valence-electron chi connectivity index (χ2n) is 5.69. The lowest BCUT2D eigenvalue weighted by Crippen LogP contribution is -2.21. The minimum absolute atomic E-state index is 0.0921. The molecule has 0 aliphatic carbocycles. The van der Waals surface area contributed by atoms with Crippen molar-refractivity contribution in [2.75, 3.05) is 0 Å². The van der Waals surface area contributed by atoms with Crippen molar-refractivity contribution in [3.05, 3.63) is 80.9 Å². The third-order valence-electron chi connectivity index (χ3n) is 3.53. The number of thiophene rings is 1. The highest BCUT2D eigenvalue weighted by Crippen LogP contribution is 2.18. The van der Waals surface area contributed by atoms with Gasteiger partial charge in [0.15, 0.2) is 15.6 Å². The van der Waals surface area contributed by atoms with E-state index in [2.05, 4.69) is 5.32 Å². The molecule has 0 bridgehead atoms. The highest BCUT2D eigenvalue weighted by molar-refractivity contribution is 7.89. The van der Waals surface area contributed by atoms with Gasteiger partial charge in [-0.3, -0.25) is 4.79 Å². The number of halogens is 1. The van der Waals surface area contributed by atoms with Crippen LogP contribution in [-0.2, 0) is 27.9 Å². The molecule has 0 saturated carbocycles. The topological polar surface area (TPSA) is 76.4 Å². The van der Waals surface area contributed by atoms with Crippen LogP contribution in [0.4, 0.5) is 0 Å². The third-order valence-corrected chi connectivity index (χ3v) is 6.14. The number of carbonyl (C=O) groups is 1. The highest BCUT2D eigenvalue weighted by Gasteiger charge is 2.18. The van der Waals surface area contributed by atoms with Gasteiger partial charge in [0.05, 0.1) is 12.3 Å². The number of hydrogen-bond donors (Lipinski definition) is 1. The van der Waals surface area contributed by atoms with E-state index in [1.54, 1.807) is 35.6 Å². The summed E-state index contributed by atoms with van der Waals surface area (Å²) in [4.78, 5) is 13.1. The second-order valence-corrected chi connectivity index (χ2v) is 9.22. The van der Waals surface area contributed by atoms with Crippen LogP contribution in [0.25, 0.3) is 0 Å². The Morgan fingerprint density at radius 3 is 2.69 bits per heavy atom. The van der Waals surface area contributed by atoms with Crippen molar-refractivity contribution in [3.8, 4) is 0 Å². The van der Waals surface area contributed by atoms with E-state index < -0.39 is 9.84 Å². The van der Waals surface area contributed by atoms with E-state index in [1.807, 2.05) is 17.5 Å². The number of nitrogens with one attached hydrogen (secondary N) is 1. The molecule has 3 aromatic rings. The van der Waals surface area contributed by atoms with Crippen LogP contribution in [0.5, 0.6) is 0 Å². The van der Waals surface area contributed by atoms with Gasteiger partial charge >= 0.3 is 0 Å². The monoisotopic (exact) mass is 409 g/mol. The van der Waals surface area contributed by atoms with Gasteiger partial charge in [0.1, 0.15) is 11.5 Å². The van der Waals surface area contributed by atoms with Gasteiger partial charge < -0.3 is 9.73 Å². The number of hydrogen-bond acceptors (Lipinski definition) is 5. The summed E-state index contributed by atoms with van der Waals surface area (Å²) in [5, 5.41) is 5.15. The van der Waals surface area contributed by atoms with Gasteiger partial charge in [0, 0.05) is 9.90 Å². The lowest BCUT2D eigenvalue weighted by atomic mass is 10.2. The summed E-state index contributed by atoms with van der Waals surface area (Å²) in [6, 6.07) is 13.5. The maximum atomic E-state index is 12.3. The lowest BCUT2D eigenvalue weighted by molar-refractivity contribution is 0.0922. The molecule has 26 heavy (non-hydrogen) atoms. The van der Waals surface area contributed by atoms with Crippen LogP contribution in [-0.4, -0.2) is 14.3 Å². The number of carbonyl (C=O) groups excluding carboxylic acids is 1. The largest absolute Gasteiger partial charge is 0.455 e. The highest BCUT2D eigenvalue weighted by atomic mass is 35.5. The minimum Gasteiger partial charge on any atom is -0.455 e. The molecule has 1 amide bonds. The van der Waals surface area contributed by atoms with Crippen LogP contribution in [0, 0.1) is 0 Å². The second kappa shape index (κ2) is 8.07. The van der Waals surface area contributed by atoms with E-state index in [4.69, 9.17) is 16.0 Å². The molecule has 5 nitrogen and oxygen atoms in total. The fourth-order valence-corrected chi connectivity index (χ4v) is 4.63. The maximum Gasteiger partial charge on any atom is 0.287 e. The first-order valence-electron chi connectivity index (χ1n) is 7.75. The average Bonchev–Trinajstić information content (AvgIpc) is 3.23. The molecule has 0 aliphatic rings. The predicted molar refractivity (Wildman–Crippen MR) is 102 cm³/mol. The van der Waals surface area contributed by atoms with E-state index in [9.17, 15) is 13.2 Å². The van der Waals surface area contributed by atoms with Crippen LogP contribution < -0.4 is 5.32 Å². The van der Waals surface area contributed by atoms with Crippen molar-refractivity contribution in [3.63, 3.8) is 0 Å². The Bertz CT molecular complexity index is 994. The summed E-state index contributed by atoms with van der Waals surface area (Å²) in [5.41, 5.74) is 0.609. The quantitative estimate of drug-likeness (QED) is 0.638. The van der Waals surface area contributed by atoms with Crippen molar-refractivity contribution in [2.45, 2.75) is 18.1 Å². The Kier molecular flexibility index (Phi) is 5.80. The fourth-order valence-electron chi connectivity index (χ4n) is 2.39. The van der Waals surface area contributed by atoms with Crippen LogP contribution in [0.15, 0.2) is 58.3 Å². The van der Waals surface area contributed by atoms with Gasteiger partial charge in [-0.25, -0.2) is 8.42 Å². The predicted octanol–water partition coefficient (Wildman–Crippen LogP) is 4.04. The van der Waals surface area contributed by atoms with E-state index >= 15 is 0 Å². The standard InChI is InChI=1S/C18H16ClNO4S2/c19-14-4-1-3-13(9-14)11-26(22,23)12-15-6-7-17(24-15)18(21)20-10-16-5-2-8-25-16/h1-9H,10-12H2,(H,20,21). The molecule has 0 aliphatic heterocycles. The Morgan fingerprint density at radius 1 is 1.12 bits per heavy atom. The Balaban J connectivity index is 1.61. The van der Waals surface area contributed by atoms with Crippen molar-refractivity contribution in [2.24, 2.45) is 0 Å². The summed E-state index contributed by atoms with van der Waals surface area (Å²) in [6.07, 6.45) is 0. The first kappa shape index (κ1) is 18.7. The van der Waals surface area contributed by atoms with Gasteiger partial charge in [-0.05, 0) is 41.3 Å². The van der Waals surface area contributed by atoms with Gasteiger partial charge in [0.2, 0.25) is 0 Å². The molecule has 8 heteroatoms. The van der Waals surface area contributed by atoms with Gasteiger partial charge in [-0.2, -0.15) is 0 Å². The zero-order valence-electron chi connectivity index (χ0n) is 13.6. The zero-order chi connectivity index (χ0) is 18.6. The van der Waals surface area contributed by atoms with Crippen LogP contribution in [0.2, 0.25) is 5.02 Å². The third kappa shape index (κ3) is 5.20. The lowest BCUT2D eigenvalue weighted by Gasteiger charge is -2.04. The molecule has 0 saturated heterocycles. The Labute approximate surface area is 160 Å². The number of rotatable bonds is 7. The Morgan fingerprint density at radius 2 is 1.96 bits per heavy atom. The summed E-state index contributed by atoms with van der Waals surface area (Å²) in [7, 11) is -3.45. The van der Waals surface area contributed by atoms with E-state index in [-0.39, 0.29) is 28.9 Å². The normalized spacial score (nSPS) is 11.4. The van der Waals surface area contributed by atoms with E-state index in [0.29, 0.717) is 17.1 Å². The summed E-state index contributed by atoms with van der Waals surface area (Å²) >= 11 is 7.42. The van der Waals surface area contributed by atoms with Crippen molar-refractivity contribution in [1.82, 2.24) is 5.32 Å². The number of benzene rings is 1. The molecular weight excluding hydrogens is 394 g/mol. The molecule has 2 heterocycles. The first-order chi connectivity index (χ1) is 12.4. The minimum atomic E-state index is -3.45. The molecule has 0 radical (unpaired) electrons. The van der Waals surface area contributed by atoms with Crippen molar-refractivity contribution in [1.29, 1.82) is 0 Å². The summed E-state index contributed by atoms with van der Waals surface area (Å²) in [6.45, 7) is 0.402. The number of amides is 1. The van der Waals surface area contributed by atoms with E-state index in [1.165, 1.54) is 12.1 Å². The van der Waals surface area contributed by atoms with Crippen molar-refractivity contribution < 1.29 is 17.6 Å². The SMILES string of the molecule is O=C(NCc1cccs1)c1ccc(CS(=O)(=O)Cc2cccc(Cl)c2)o1. The smallest absolute Gasteiger partial charge is 0.287 e. The summed E-state index contributed by atoms with van der Waals surface area (Å²) in [5.74, 6) is -0.481. The molecule has 136 valence electrons. The average molecular weight is 410 g/mol. The van der Waals surface area contributed by atoms with Crippen LogP contribution >= 0.6 is 22.9 Å². The molecule has 0 unspecified atom stereocenters. The van der Waals surface area contributed by atoms with Gasteiger partial charge in [0.25, 0.3) is 5.91 Å². The molecule has 1 aromatic carbocycles. The van der Waals surface area contributed by atoms with Crippen LogP contribution in [0.1, 0.15) is 26.8 Å². The Hall–Kier alpha value is -2.09. The number of furan rings is 1. The molecule has 2 aromatic heterocycles. The molecular formula is C18H16ClNO4S2. The van der Waals surface area contributed by atoms with Gasteiger partial charge in [-0.15, -0.1) is 11.3 Å². The maximum absolute atomic E-state index is 12.3. The molecule has 0 atom stereocenters. The van der Waals surface area contributed by atoms with Crippen molar-refractivity contribution >= 4 is 38.7 Å². The number of sulfone groups is 1. The van der Waals surface area contributed by atoms with Gasteiger partial charge in [-0.1, -0.05) is 29.8 Å².